The zero-order valence-corrected chi connectivity index (χ0v) is 9.99. The monoisotopic (exact) mass is 193 g/mol. The van der Waals surface area contributed by atoms with Crippen LogP contribution in [-0.4, -0.2) is 45.7 Å². The van der Waals surface area contributed by atoms with Crippen LogP contribution in [0.2, 0.25) is 5.79 Å². The van der Waals surface area contributed by atoms with Crippen LogP contribution in [0, 0.1) is 0 Å². The quantitative estimate of drug-likeness (QED) is 0.567. The third-order valence-electron chi connectivity index (χ3n) is 0.520. The molecule has 65 valence electrons. The Morgan fingerprint density at radius 3 is 1.82 bits per heavy atom. The summed E-state index contributed by atoms with van der Waals surface area (Å²) in [5.74, 6) is 1.69. The van der Waals surface area contributed by atoms with Crippen LogP contribution >= 0.6 is 0 Å². The summed E-state index contributed by atoms with van der Waals surface area (Å²) in [5.41, 5.74) is 0. The second kappa shape index (κ2) is 12.8. The molecule has 0 N–H and O–H groups in total. The lowest BCUT2D eigenvalue weighted by Gasteiger charge is -1.90. The number of hydrogen-bond donors (Lipinski definition) is 0. The van der Waals surface area contributed by atoms with Crippen molar-refractivity contribution in [1.29, 1.82) is 0 Å². The average Bonchev–Trinajstić information content (AvgIpc) is 1.90. The van der Waals surface area contributed by atoms with E-state index in [1.165, 1.54) is 6.92 Å². The minimum Gasteiger partial charge on any atom is -0.622 e. The fourth-order valence-electron chi connectivity index (χ4n) is 0.284. The van der Waals surface area contributed by atoms with Gasteiger partial charge in [-0.1, -0.05) is 5.79 Å². The highest BCUT2D eigenvalue weighted by Gasteiger charge is 1.86. The largest absolute Gasteiger partial charge is 0.622 e. The fourth-order valence-corrected chi connectivity index (χ4v) is 0.851. The topological polar surface area (TPSA) is 44.8 Å². The van der Waals surface area contributed by atoms with Gasteiger partial charge in [0.05, 0.1) is 0 Å². The van der Waals surface area contributed by atoms with Crippen LogP contribution in [0.3, 0.4) is 0 Å². The molecule has 6 heteroatoms. The molecule has 0 fully saturated rings. The first kappa shape index (κ1) is 13.7. The van der Waals surface area contributed by atoms with Crippen molar-refractivity contribution in [1.82, 2.24) is 0 Å². The maximum absolute atomic E-state index is 9.84. The van der Waals surface area contributed by atoms with Crippen molar-refractivity contribution < 1.29 is 17.4 Å². The van der Waals surface area contributed by atoms with Gasteiger partial charge in [0, 0.05) is 21.1 Å². The molecular formula is C5H14AlO4Si. The van der Waals surface area contributed by atoms with E-state index in [0.29, 0.717) is 0 Å². The molecule has 0 bridgehead atoms. The summed E-state index contributed by atoms with van der Waals surface area (Å²) in [5, 5.41) is 0. The van der Waals surface area contributed by atoms with E-state index in [0.717, 1.165) is 0 Å². The first-order chi connectivity index (χ1) is 5.18. The Hall–Kier alpha value is 0.139. The highest BCUT2D eigenvalue weighted by Crippen LogP contribution is 1.67. The van der Waals surface area contributed by atoms with Crippen molar-refractivity contribution >= 4 is 31.5 Å². The van der Waals surface area contributed by atoms with E-state index >= 15 is 0 Å². The van der Waals surface area contributed by atoms with Gasteiger partial charge in [-0.15, -0.1) is 0 Å². The first-order valence-corrected chi connectivity index (χ1v) is 5.90. The van der Waals surface area contributed by atoms with E-state index in [-0.39, 0.29) is 21.5 Å². The maximum Gasteiger partial charge on any atom is 0.521 e. The number of rotatable bonds is 3. The molecule has 0 rings (SSSR count). The SMILES string of the molecule is CO[SiH2]OC.[CH3][Al][O]C(C)=O. The zero-order chi connectivity index (χ0) is 9.11. The summed E-state index contributed by atoms with van der Waals surface area (Å²) in [6, 6.07) is 0. The van der Waals surface area contributed by atoms with Crippen LogP contribution in [0.5, 0.6) is 0 Å². The van der Waals surface area contributed by atoms with Crippen LogP contribution in [0.15, 0.2) is 0 Å². The van der Waals surface area contributed by atoms with Crippen molar-refractivity contribution in [3.63, 3.8) is 0 Å². The molecule has 0 aliphatic rings. The van der Waals surface area contributed by atoms with Gasteiger partial charge in [0.25, 0.3) is 5.97 Å². The molecule has 0 aliphatic carbocycles. The van der Waals surface area contributed by atoms with Gasteiger partial charge in [0.2, 0.25) is 0 Å². The molecule has 0 heterocycles. The van der Waals surface area contributed by atoms with E-state index in [4.69, 9.17) is 0 Å². The molecule has 1 radical (unpaired) electrons. The van der Waals surface area contributed by atoms with E-state index in [9.17, 15) is 4.79 Å². The van der Waals surface area contributed by atoms with Gasteiger partial charge in [-0.05, 0) is 0 Å². The Morgan fingerprint density at radius 1 is 1.36 bits per heavy atom. The van der Waals surface area contributed by atoms with E-state index in [1.54, 1.807) is 14.2 Å². The van der Waals surface area contributed by atoms with Crippen LogP contribution in [0.1, 0.15) is 6.92 Å². The Balaban J connectivity index is 0. The van der Waals surface area contributed by atoms with Crippen molar-refractivity contribution in [3.05, 3.63) is 0 Å². The Kier molecular flexibility index (Phi) is 15.9. The highest BCUT2D eigenvalue weighted by molar-refractivity contribution is 6.28. The smallest absolute Gasteiger partial charge is 0.521 e. The van der Waals surface area contributed by atoms with Crippen LogP contribution in [-0.2, 0) is 17.4 Å². The first-order valence-electron chi connectivity index (χ1n) is 3.12. The summed E-state index contributed by atoms with van der Waals surface area (Å²) < 4.78 is 13.7. The summed E-state index contributed by atoms with van der Waals surface area (Å²) in [6.45, 7) is 1.41. The molecule has 4 nitrogen and oxygen atoms in total. The normalized spacial score (nSPS) is 7.64. The van der Waals surface area contributed by atoms with E-state index < -0.39 is 10.0 Å². The lowest BCUT2D eigenvalue weighted by atomic mass is 10.9. The Bertz CT molecular complexity index is 88.6. The molecule has 0 spiro atoms. The van der Waals surface area contributed by atoms with Crippen LogP contribution < -0.4 is 0 Å². The molecule has 0 saturated carbocycles. The predicted octanol–water partition coefficient (Wildman–Crippen LogP) is -0.505. The molecule has 0 aromatic carbocycles. The lowest BCUT2D eigenvalue weighted by Crippen LogP contribution is -1.98. The number of carbonyl (C=O) groups is 1. The standard InChI is InChI=1S/C2H8O2Si.C2H4O2.CH3.Al/c1-3-5-4-2;1-2(3)4;;/h5H2,1-2H3;1H3,(H,3,4);1H3;/q;;;+1/p-1. The predicted molar refractivity (Wildman–Crippen MR) is 45.9 cm³/mol. The summed E-state index contributed by atoms with van der Waals surface area (Å²) in [7, 11) is 2.73. The second-order valence-electron chi connectivity index (χ2n) is 1.54. The van der Waals surface area contributed by atoms with Crippen LogP contribution in [0.25, 0.3) is 0 Å². The van der Waals surface area contributed by atoms with Gasteiger partial charge in [-0.3, -0.25) is 4.79 Å². The summed E-state index contributed by atoms with van der Waals surface area (Å²) in [4.78, 5) is 9.84. The van der Waals surface area contributed by atoms with Crippen molar-refractivity contribution in [2.45, 2.75) is 12.7 Å². The van der Waals surface area contributed by atoms with Crippen molar-refractivity contribution in [2.75, 3.05) is 14.2 Å². The average molecular weight is 193 g/mol. The zero-order valence-electron chi connectivity index (χ0n) is 7.42. The summed E-state index contributed by atoms with van der Waals surface area (Å²) >= 11 is -0.0972. The van der Waals surface area contributed by atoms with Gasteiger partial charge < -0.3 is 12.6 Å². The lowest BCUT2D eigenvalue weighted by molar-refractivity contribution is -0.131. The van der Waals surface area contributed by atoms with Gasteiger partial charge in [0.1, 0.15) is 0 Å². The van der Waals surface area contributed by atoms with E-state index in [1.807, 2.05) is 5.79 Å². The molecule has 11 heavy (non-hydrogen) atoms. The molecule has 0 unspecified atom stereocenters. The number of carbonyl (C=O) groups excluding carboxylic acids is 1. The second-order valence-corrected chi connectivity index (χ2v) is 3.64. The van der Waals surface area contributed by atoms with Crippen molar-refractivity contribution in [2.24, 2.45) is 0 Å². The van der Waals surface area contributed by atoms with Crippen LogP contribution in [0.4, 0.5) is 0 Å². The molecule has 0 aliphatic heterocycles. The molecule has 0 aromatic rings. The van der Waals surface area contributed by atoms with Gasteiger partial charge >= 0.3 is 25.6 Å². The Labute approximate surface area is 76.3 Å². The fraction of sp³-hybridized carbons (Fsp3) is 0.800. The van der Waals surface area contributed by atoms with Gasteiger partial charge in [0.15, 0.2) is 0 Å². The minimum atomic E-state index is -0.568. The third kappa shape index (κ3) is 25.4. The van der Waals surface area contributed by atoms with Crippen molar-refractivity contribution in [3.8, 4) is 0 Å². The highest BCUT2D eigenvalue weighted by atomic mass is 28.3. The molecule has 0 saturated heterocycles. The minimum absolute atomic E-state index is 0.0972. The molecular weight excluding hydrogens is 179 g/mol. The van der Waals surface area contributed by atoms with Gasteiger partial charge in [-0.25, -0.2) is 0 Å². The number of hydrogen-bond acceptors (Lipinski definition) is 4. The Morgan fingerprint density at radius 2 is 1.82 bits per heavy atom. The van der Waals surface area contributed by atoms with E-state index in [2.05, 4.69) is 12.6 Å². The molecule has 0 aromatic heterocycles. The third-order valence-corrected chi connectivity index (χ3v) is 1.56. The van der Waals surface area contributed by atoms with Gasteiger partial charge in [-0.2, -0.15) is 0 Å². The summed E-state index contributed by atoms with van der Waals surface area (Å²) in [6.07, 6.45) is 0. The maximum atomic E-state index is 9.84. The molecule has 0 amide bonds. The molecule has 0 atom stereocenters.